The van der Waals surface area contributed by atoms with E-state index >= 15 is 0 Å². The second-order valence-corrected chi connectivity index (χ2v) is 8.41. The Morgan fingerprint density at radius 2 is 1.88 bits per heavy atom. The van der Waals surface area contributed by atoms with Crippen LogP contribution in [0.5, 0.6) is 0 Å². The molecule has 1 aliphatic heterocycles. The van der Waals surface area contributed by atoms with E-state index in [1.54, 1.807) is 13.8 Å². The maximum Gasteiger partial charge on any atom is 0.269 e. The third-order valence-corrected chi connectivity index (χ3v) is 6.81. The summed E-state index contributed by atoms with van der Waals surface area (Å²) >= 11 is 0. The number of aromatic nitrogens is 1. The van der Waals surface area contributed by atoms with Crippen molar-refractivity contribution in [3.8, 4) is 0 Å². The Bertz CT molecular complexity index is 851. The highest BCUT2D eigenvalue weighted by Crippen LogP contribution is 2.40. The zero-order chi connectivity index (χ0) is 16.9. The number of hydrogen-bond donors (Lipinski definition) is 0. The smallest absolute Gasteiger partial charge is 0.269 e. The molecule has 2 heterocycles. The maximum atomic E-state index is 13.2. The molecule has 7 heteroatoms. The molecule has 1 fully saturated rings. The summed E-state index contributed by atoms with van der Waals surface area (Å²) in [6, 6.07) is 7.73. The van der Waals surface area contributed by atoms with Crippen LogP contribution < -0.4 is 9.21 Å². The molecule has 1 aliphatic carbocycles. The summed E-state index contributed by atoms with van der Waals surface area (Å²) in [7, 11) is -3.68. The van der Waals surface area contributed by atoms with Gasteiger partial charge in [-0.3, -0.25) is 4.31 Å². The average Bonchev–Trinajstić information content (AvgIpc) is 3.30. The van der Waals surface area contributed by atoms with Gasteiger partial charge in [-0.15, -0.1) is 0 Å². The average molecular weight is 347 g/mol. The standard InChI is InChI=1S/C17H21N3O3S/c1-12-17(13(2)23-18-12)24(21,22)20-10-9-19(11-14-7-8-14)15-5-3-4-6-16(15)20/h3-6,14H,7-11H2,1-2H3. The number of anilines is 2. The first-order valence-electron chi connectivity index (χ1n) is 8.28. The molecule has 2 aromatic rings. The second kappa shape index (κ2) is 5.51. The molecule has 6 nitrogen and oxygen atoms in total. The number of aryl methyl sites for hydroxylation is 2. The molecule has 1 aromatic heterocycles. The first kappa shape index (κ1) is 15.5. The molecular formula is C17H21N3O3S. The minimum absolute atomic E-state index is 0.188. The fraction of sp³-hybridized carbons (Fsp3) is 0.471. The molecule has 0 unspecified atom stereocenters. The minimum atomic E-state index is -3.68. The van der Waals surface area contributed by atoms with Gasteiger partial charge in [-0.25, -0.2) is 8.42 Å². The number of nitrogens with zero attached hydrogens (tertiary/aromatic N) is 3. The van der Waals surface area contributed by atoms with Gasteiger partial charge in [-0.2, -0.15) is 0 Å². The lowest BCUT2D eigenvalue weighted by molar-refractivity contribution is 0.390. The lowest BCUT2D eigenvalue weighted by atomic mass is 10.2. The van der Waals surface area contributed by atoms with Gasteiger partial charge in [-0.05, 0) is 44.7 Å². The number of fused-ring (bicyclic) bond motifs is 1. The monoisotopic (exact) mass is 347 g/mol. The number of benzene rings is 1. The molecule has 0 saturated heterocycles. The largest absolute Gasteiger partial charge is 0.368 e. The summed E-state index contributed by atoms with van der Waals surface area (Å²) < 4.78 is 33.0. The van der Waals surface area contributed by atoms with Crippen molar-refractivity contribution in [1.82, 2.24) is 5.16 Å². The third-order valence-electron chi connectivity index (χ3n) is 4.76. The first-order chi connectivity index (χ1) is 11.5. The zero-order valence-electron chi connectivity index (χ0n) is 13.9. The molecule has 0 amide bonds. The van der Waals surface area contributed by atoms with Gasteiger partial charge in [0.15, 0.2) is 10.7 Å². The fourth-order valence-corrected chi connectivity index (χ4v) is 5.17. The quantitative estimate of drug-likeness (QED) is 0.851. The maximum absolute atomic E-state index is 13.2. The van der Waals surface area contributed by atoms with E-state index in [9.17, 15) is 8.42 Å². The van der Waals surface area contributed by atoms with Crippen molar-refractivity contribution < 1.29 is 12.9 Å². The Morgan fingerprint density at radius 1 is 1.17 bits per heavy atom. The molecule has 24 heavy (non-hydrogen) atoms. The van der Waals surface area contributed by atoms with Gasteiger partial charge < -0.3 is 9.42 Å². The van der Waals surface area contributed by atoms with Crippen LogP contribution >= 0.6 is 0 Å². The first-order valence-corrected chi connectivity index (χ1v) is 9.72. The summed E-state index contributed by atoms with van der Waals surface area (Å²) in [6.07, 6.45) is 2.56. The fourth-order valence-electron chi connectivity index (χ4n) is 3.40. The van der Waals surface area contributed by atoms with Crippen LogP contribution in [0.3, 0.4) is 0 Å². The Labute approximate surface area is 142 Å². The van der Waals surface area contributed by atoms with E-state index in [1.165, 1.54) is 17.1 Å². The molecule has 2 aliphatic rings. The van der Waals surface area contributed by atoms with Crippen molar-refractivity contribution in [2.24, 2.45) is 5.92 Å². The predicted molar refractivity (Wildman–Crippen MR) is 91.9 cm³/mol. The summed E-state index contributed by atoms with van der Waals surface area (Å²) in [4.78, 5) is 2.50. The molecule has 0 atom stereocenters. The van der Waals surface area contributed by atoms with E-state index in [-0.39, 0.29) is 4.90 Å². The number of para-hydroxylation sites is 2. The number of rotatable bonds is 4. The number of sulfonamides is 1. The van der Waals surface area contributed by atoms with Gasteiger partial charge >= 0.3 is 0 Å². The molecular weight excluding hydrogens is 326 g/mol. The topological polar surface area (TPSA) is 66.7 Å². The lowest BCUT2D eigenvalue weighted by Crippen LogP contribution is -2.44. The highest BCUT2D eigenvalue weighted by molar-refractivity contribution is 7.93. The van der Waals surface area contributed by atoms with Crippen molar-refractivity contribution in [3.63, 3.8) is 0 Å². The third kappa shape index (κ3) is 2.47. The van der Waals surface area contributed by atoms with Crippen LogP contribution in [-0.4, -0.2) is 33.2 Å². The summed E-state index contributed by atoms with van der Waals surface area (Å²) in [5.41, 5.74) is 2.14. The molecule has 0 N–H and O–H groups in total. The highest BCUT2D eigenvalue weighted by atomic mass is 32.2. The summed E-state index contributed by atoms with van der Waals surface area (Å²) in [6.45, 7) is 5.46. The van der Waals surface area contributed by atoms with E-state index < -0.39 is 10.0 Å². The lowest BCUT2D eigenvalue weighted by Gasteiger charge is -2.38. The van der Waals surface area contributed by atoms with E-state index in [0.29, 0.717) is 24.5 Å². The van der Waals surface area contributed by atoms with Gasteiger partial charge in [0.2, 0.25) is 0 Å². The van der Waals surface area contributed by atoms with Gasteiger partial charge in [0, 0.05) is 13.1 Å². The summed E-state index contributed by atoms with van der Waals surface area (Å²) in [5, 5.41) is 3.80. The van der Waals surface area contributed by atoms with E-state index in [2.05, 4.69) is 10.1 Å². The molecule has 4 rings (SSSR count). The molecule has 0 spiro atoms. The predicted octanol–water partition coefficient (Wildman–Crippen LogP) is 2.72. The molecule has 0 radical (unpaired) electrons. The minimum Gasteiger partial charge on any atom is -0.368 e. The van der Waals surface area contributed by atoms with Gasteiger partial charge in [-0.1, -0.05) is 17.3 Å². The molecule has 1 saturated carbocycles. The van der Waals surface area contributed by atoms with Crippen LogP contribution in [0.25, 0.3) is 0 Å². The number of hydrogen-bond acceptors (Lipinski definition) is 5. The second-order valence-electron chi connectivity index (χ2n) is 6.61. The normalized spacial score (nSPS) is 17.9. The van der Waals surface area contributed by atoms with E-state index in [0.717, 1.165) is 23.8 Å². The van der Waals surface area contributed by atoms with Gasteiger partial charge in [0.1, 0.15) is 5.69 Å². The van der Waals surface area contributed by atoms with Crippen LogP contribution in [0, 0.1) is 19.8 Å². The van der Waals surface area contributed by atoms with Crippen LogP contribution in [0.4, 0.5) is 11.4 Å². The Kier molecular flexibility index (Phi) is 3.56. The zero-order valence-corrected chi connectivity index (χ0v) is 14.7. The van der Waals surface area contributed by atoms with Crippen LogP contribution in [0.2, 0.25) is 0 Å². The Morgan fingerprint density at radius 3 is 2.50 bits per heavy atom. The van der Waals surface area contributed by atoms with Crippen molar-refractivity contribution in [3.05, 3.63) is 35.7 Å². The van der Waals surface area contributed by atoms with Crippen LogP contribution in [0.1, 0.15) is 24.3 Å². The van der Waals surface area contributed by atoms with Crippen molar-refractivity contribution in [2.45, 2.75) is 31.6 Å². The molecule has 0 bridgehead atoms. The molecule has 128 valence electrons. The van der Waals surface area contributed by atoms with Crippen LogP contribution in [0.15, 0.2) is 33.7 Å². The van der Waals surface area contributed by atoms with E-state index in [4.69, 9.17) is 4.52 Å². The Hall–Kier alpha value is -2.02. The SMILES string of the molecule is Cc1noc(C)c1S(=O)(=O)N1CCN(CC2CC2)c2ccccc21. The van der Waals surface area contributed by atoms with Crippen molar-refractivity contribution in [2.75, 3.05) is 28.8 Å². The highest BCUT2D eigenvalue weighted by Gasteiger charge is 2.36. The van der Waals surface area contributed by atoms with Gasteiger partial charge in [0.05, 0.1) is 17.9 Å². The van der Waals surface area contributed by atoms with Crippen LogP contribution in [-0.2, 0) is 10.0 Å². The summed E-state index contributed by atoms with van der Waals surface area (Å²) in [5.74, 6) is 1.09. The van der Waals surface area contributed by atoms with Crippen molar-refractivity contribution in [1.29, 1.82) is 0 Å². The van der Waals surface area contributed by atoms with Crippen molar-refractivity contribution >= 4 is 21.4 Å². The Balaban J connectivity index is 1.76. The molecule has 1 aromatic carbocycles. The van der Waals surface area contributed by atoms with Gasteiger partial charge in [0.25, 0.3) is 10.0 Å². The van der Waals surface area contributed by atoms with E-state index in [1.807, 2.05) is 24.3 Å².